The molecule has 4 nitrogen and oxygen atoms in total. The minimum absolute atomic E-state index is 0.455. The van der Waals surface area contributed by atoms with Gasteiger partial charge in [0.2, 0.25) is 5.88 Å². The smallest absolute Gasteiger partial charge is 0.213 e. The molecule has 3 aromatic rings. The van der Waals surface area contributed by atoms with Gasteiger partial charge in [-0.05, 0) is 44.0 Å². The third kappa shape index (κ3) is 3.64. The van der Waals surface area contributed by atoms with Crippen LogP contribution < -0.4 is 4.74 Å². The minimum Gasteiger partial charge on any atom is -0.476 e. The van der Waals surface area contributed by atoms with Crippen LogP contribution in [0.25, 0.3) is 10.9 Å². The Labute approximate surface area is 148 Å². The first kappa shape index (κ1) is 16.0. The van der Waals surface area contributed by atoms with Crippen LogP contribution in [0.1, 0.15) is 24.1 Å². The number of aromatic nitrogens is 2. The maximum Gasteiger partial charge on any atom is 0.213 e. The average molecular weight is 333 g/mol. The van der Waals surface area contributed by atoms with Crippen molar-refractivity contribution in [3.05, 3.63) is 66.0 Å². The summed E-state index contributed by atoms with van der Waals surface area (Å²) in [5, 5.41) is 1.08. The highest BCUT2D eigenvalue weighted by Gasteiger charge is 2.25. The zero-order valence-electron chi connectivity index (χ0n) is 14.6. The number of nitrogens with zero attached hydrogens (tertiary/aromatic N) is 3. The van der Waals surface area contributed by atoms with Crippen LogP contribution in [-0.2, 0) is 6.54 Å². The van der Waals surface area contributed by atoms with Crippen molar-refractivity contribution >= 4 is 10.9 Å². The Morgan fingerprint density at radius 3 is 2.88 bits per heavy atom. The van der Waals surface area contributed by atoms with E-state index in [0.29, 0.717) is 18.5 Å². The first-order chi connectivity index (χ1) is 12.3. The third-order valence-electron chi connectivity index (χ3n) is 4.94. The molecule has 25 heavy (non-hydrogen) atoms. The molecule has 0 aliphatic carbocycles. The van der Waals surface area contributed by atoms with Gasteiger partial charge >= 0.3 is 0 Å². The molecule has 1 fully saturated rings. The van der Waals surface area contributed by atoms with Crippen LogP contribution in [-0.4, -0.2) is 34.1 Å². The summed E-state index contributed by atoms with van der Waals surface area (Å²) >= 11 is 0. The Bertz CT molecular complexity index is 850. The summed E-state index contributed by atoms with van der Waals surface area (Å²) in [6.07, 6.45) is 4.22. The lowest BCUT2D eigenvalue weighted by Crippen LogP contribution is -2.33. The van der Waals surface area contributed by atoms with Gasteiger partial charge in [-0.25, -0.2) is 4.98 Å². The summed E-state index contributed by atoms with van der Waals surface area (Å²) in [7, 11) is 0. The SMILES string of the molecule is Cc1nccc2nc(OC[C@@H]3CCCN3Cc3ccccc3)ccc12. The lowest BCUT2D eigenvalue weighted by atomic mass is 10.2. The number of pyridine rings is 2. The summed E-state index contributed by atoms with van der Waals surface area (Å²) in [5.41, 5.74) is 3.31. The summed E-state index contributed by atoms with van der Waals surface area (Å²) < 4.78 is 6.03. The van der Waals surface area contributed by atoms with Crippen LogP contribution in [0.3, 0.4) is 0 Å². The van der Waals surface area contributed by atoms with Gasteiger partial charge in [0.15, 0.2) is 0 Å². The molecule has 1 aromatic carbocycles. The van der Waals surface area contributed by atoms with E-state index in [-0.39, 0.29) is 0 Å². The molecular formula is C21H23N3O. The predicted octanol–water partition coefficient (Wildman–Crippen LogP) is 3.98. The van der Waals surface area contributed by atoms with Crippen molar-refractivity contribution in [2.75, 3.05) is 13.2 Å². The van der Waals surface area contributed by atoms with Crippen molar-refractivity contribution in [3.8, 4) is 5.88 Å². The molecule has 0 saturated carbocycles. The second-order valence-electron chi connectivity index (χ2n) is 6.68. The van der Waals surface area contributed by atoms with Gasteiger partial charge in [-0.2, -0.15) is 0 Å². The zero-order chi connectivity index (χ0) is 17.1. The molecule has 3 heterocycles. The van der Waals surface area contributed by atoms with E-state index in [1.165, 1.54) is 18.4 Å². The van der Waals surface area contributed by atoms with Crippen molar-refractivity contribution in [3.63, 3.8) is 0 Å². The molecule has 2 aromatic heterocycles. The molecule has 0 bridgehead atoms. The fourth-order valence-electron chi connectivity index (χ4n) is 3.55. The van der Waals surface area contributed by atoms with Crippen LogP contribution in [0.15, 0.2) is 54.7 Å². The number of fused-ring (bicyclic) bond motifs is 1. The minimum atomic E-state index is 0.455. The molecule has 4 heteroatoms. The molecule has 4 rings (SSSR count). The van der Waals surface area contributed by atoms with Gasteiger partial charge in [-0.15, -0.1) is 0 Å². The summed E-state index contributed by atoms with van der Waals surface area (Å²) in [6.45, 7) is 4.82. The van der Waals surface area contributed by atoms with E-state index in [2.05, 4.69) is 51.3 Å². The molecule has 0 unspecified atom stereocenters. The molecule has 1 atom stereocenters. The van der Waals surface area contributed by atoms with E-state index in [1.807, 2.05) is 19.1 Å². The molecular weight excluding hydrogens is 310 g/mol. The summed E-state index contributed by atoms with van der Waals surface area (Å²) in [4.78, 5) is 11.5. The van der Waals surface area contributed by atoms with Crippen molar-refractivity contribution in [1.29, 1.82) is 0 Å². The first-order valence-electron chi connectivity index (χ1n) is 8.93. The van der Waals surface area contributed by atoms with E-state index < -0.39 is 0 Å². The molecule has 1 saturated heterocycles. The van der Waals surface area contributed by atoms with E-state index in [9.17, 15) is 0 Å². The fourth-order valence-corrected chi connectivity index (χ4v) is 3.55. The van der Waals surface area contributed by atoms with E-state index >= 15 is 0 Å². The number of hydrogen-bond acceptors (Lipinski definition) is 4. The van der Waals surface area contributed by atoms with E-state index in [4.69, 9.17) is 4.74 Å². The van der Waals surface area contributed by atoms with E-state index in [0.717, 1.165) is 29.7 Å². The topological polar surface area (TPSA) is 38.3 Å². The second kappa shape index (κ2) is 7.19. The van der Waals surface area contributed by atoms with Gasteiger partial charge in [-0.3, -0.25) is 9.88 Å². The zero-order valence-corrected chi connectivity index (χ0v) is 14.6. The average Bonchev–Trinajstić information content (AvgIpc) is 3.08. The van der Waals surface area contributed by atoms with Gasteiger partial charge in [0, 0.05) is 35.9 Å². The van der Waals surface area contributed by atoms with Crippen molar-refractivity contribution in [2.24, 2.45) is 0 Å². The summed E-state index contributed by atoms with van der Waals surface area (Å²) in [6, 6.07) is 17.1. The normalized spacial score (nSPS) is 17.9. The third-order valence-corrected chi connectivity index (χ3v) is 4.94. The largest absolute Gasteiger partial charge is 0.476 e. The lowest BCUT2D eigenvalue weighted by Gasteiger charge is -2.24. The number of aryl methyl sites for hydroxylation is 1. The van der Waals surface area contributed by atoms with Gasteiger partial charge in [-0.1, -0.05) is 30.3 Å². The standard InChI is InChI=1S/C21H23N3O/c1-16-19-9-10-21(23-20(19)11-12-22-16)25-15-18-8-5-13-24(18)14-17-6-3-2-4-7-17/h2-4,6-7,9-12,18H,5,8,13-15H2,1H3/t18-/m0/s1. The van der Waals surface area contributed by atoms with Crippen LogP contribution in [0.4, 0.5) is 0 Å². The van der Waals surface area contributed by atoms with Crippen LogP contribution in [0, 0.1) is 6.92 Å². The maximum atomic E-state index is 6.03. The Hall–Kier alpha value is -2.46. The Kier molecular flexibility index (Phi) is 4.61. The number of hydrogen-bond donors (Lipinski definition) is 0. The predicted molar refractivity (Wildman–Crippen MR) is 99.6 cm³/mol. The van der Waals surface area contributed by atoms with Gasteiger partial charge in [0.25, 0.3) is 0 Å². The highest BCUT2D eigenvalue weighted by Crippen LogP contribution is 2.22. The van der Waals surface area contributed by atoms with Crippen LogP contribution in [0.2, 0.25) is 0 Å². The maximum absolute atomic E-state index is 6.03. The fraction of sp³-hybridized carbons (Fsp3) is 0.333. The summed E-state index contributed by atoms with van der Waals surface area (Å²) in [5.74, 6) is 0.699. The Morgan fingerprint density at radius 1 is 1.12 bits per heavy atom. The highest BCUT2D eigenvalue weighted by atomic mass is 16.5. The van der Waals surface area contributed by atoms with Crippen molar-refractivity contribution in [1.82, 2.24) is 14.9 Å². The number of benzene rings is 1. The molecule has 128 valence electrons. The number of likely N-dealkylation sites (tertiary alicyclic amines) is 1. The Morgan fingerprint density at radius 2 is 2.00 bits per heavy atom. The van der Waals surface area contributed by atoms with Crippen LogP contribution >= 0.6 is 0 Å². The quantitative estimate of drug-likeness (QED) is 0.708. The van der Waals surface area contributed by atoms with Gasteiger partial charge < -0.3 is 4.74 Å². The molecule has 0 spiro atoms. The first-order valence-corrected chi connectivity index (χ1v) is 8.93. The highest BCUT2D eigenvalue weighted by molar-refractivity contribution is 5.80. The second-order valence-corrected chi connectivity index (χ2v) is 6.68. The molecule has 1 aliphatic heterocycles. The Balaban J connectivity index is 1.42. The van der Waals surface area contributed by atoms with Gasteiger partial charge in [0.05, 0.1) is 5.52 Å². The number of rotatable bonds is 5. The molecule has 0 N–H and O–H groups in total. The lowest BCUT2D eigenvalue weighted by molar-refractivity contribution is 0.164. The van der Waals surface area contributed by atoms with Gasteiger partial charge in [0.1, 0.15) is 6.61 Å². The number of ether oxygens (including phenoxy) is 1. The molecule has 1 aliphatic rings. The monoisotopic (exact) mass is 333 g/mol. The molecule has 0 radical (unpaired) electrons. The van der Waals surface area contributed by atoms with Crippen molar-refractivity contribution < 1.29 is 4.74 Å². The van der Waals surface area contributed by atoms with Crippen LogP contribution in [0.5, 0.6) is 5.88 Å². The van der Waals surface area contributed by atoms with Crippen molar-refractivity contribution in [2.45, 2.75) is 32.4 Å². The molecule has 0 amide bonds. The van der Waals surface area contributed by atoms with E-state index in [1.54, 1.807) is 6.20 Å².